The Morgan fingerprint density at radius 2 is 1.87 bits per heavy atom. The van der Waals surface area contributed by atoms with Gasteiger partial charge in [-0.1, -0.05) is 37.3 Å². The molecule has 1 fully saturated rings. The Morgan fingerprint density at radius 1 is 1.10 bits per heavy atom. The van der Waals surface area contributed by atoms with Crippen molar-refractivity contribution >= 4 is 5.91 Å². The molecule has 0 radical (unpaired) electrons. The van der Waals surface area contributed by atoms with Crippen LogP contribution in [-0.4, -0.2) is 37.1 Å². The first-order chi connectivity index (χ1) is 14.6. The van der Waals surface area contributed by atoms with Crippen LogP contribution in [0.1, 0.15) is 61.9 Å². The van der Waals surface area contributed by atoms with Gasteiger partial charge in [0.15, 0.2) is 11.5 Å². The largest absolute Gasteiger partial charge is 0.490 e. The molecule has 1 amide bonds. The van der Waals surface area contributed by atoms with Crippen LogP contribution < -0.4 is 14.8 Å². The number of likely N-dealkylation sites (tertiary alicyclic amines) is 1. The zero-order valence-corrected chi connectivity index (χ0v) is 18.0. The van der Waals surface area contributed by atoms with Crippen LogP contribution in [0.25, 0.3) is 0 Å². The second-order valence-electron chi connectivity index (χ2n) is 8.27. The minimum absolute atomic E-state index is 0.00232. The second-order valence-corrected chi connectivity index (χ2v) is 8.27. The minimum Gasteiger partial charge on any atom is -0.490 e. The highest BCUT2D eigenvalue weighted by molar-refractivity contribution is 5.78. The molecule has 2 atom stereocenters. The van der Waals surface area contributed by atoms with Crippen LogP contribution in [0.3, 0.4) is 0 Å². The van der Waals surface area contributed by atoms with Crippen LogP contribution in [0.2, 0.25) is 0 Å². The molecule has 0 bridgehead atoms. The number of aryl methyl sites for hydroxylation is 1. The first-order valence-electron chi connectivity index (χ1n) is 11.2. The number of fused-ring (bicyclic) bond motifs is 1. The molecule has 0 saturated carbocycles. The molecule has 30 heavy (non-hydrogen) atoms. The van der Waals surface area contributed by atoms with Gasteiger partial charge in [0.1, 0.15) is 0 Å². The van der Waals surface area contributed by atoms with Gasteiger partial charge in [0.05, 0.1) is 25.8 Å². The zero-order chi connectivity index (χ0) is 20.9. The van der Waals surface area contributed by atoms with E-state index in [0.717, 1.165) is 49.3 Å². The van der Waals surface area contributed by atoms with E-state index >= 15 is 0 Å². The van der Waals surface area contributed by atoms with Crippen molar-refractivity contribution in [3.63, 3.8) is 0 Å². The minimum atomic E-state index is 0.00232. The maximum Gasteiger partial charge on any atom is 0.234 e. The van der Waals surface area contributed by atoms with E-state index in [-0.39, 0.29) is 18.0 Å². The third-order valence-corrected chi connectivity index (χ3v) is 6.13. The highest BCUT2D eigenvalue weighted by atomic mass is 16.5. The Balaban J connectivity index is 1.38. The summed E-state index contributed by atoms with van der Waals surface area (Å²) < 4.78 is 11.6. The summed E-state index contributed by atoms with van der Waals surface area (Å²) in [5, 5.41) is 3.17. The molecule has 0 unspecified atom stereocenters. The van der Waals surface area contributed by atoms with E-state index in [4.69, 9.17) is 9.47 Å². The molecule has 1 saturated heterocycles. The van der Waals surface area contributed by atoms with E-state index in [1.54, 1.807) is 0 Å². The standard InChI is InChI=1S/C25H32N2O3/c1-3-19-7-9-20(10-8-19)18(2)26-25(28)17-27-13-4-6-22(27)21-11-12-23-24(16-21)30-15-5-14-29-23/h7-12,16,18,22H,3-6,13-15,17H2,1-2H3,(H,26,28)/t18-,22+/m0/s1. The van der Waals surface area contributed by atoms with Crippen LogP contribution in [0.5, 0.6) is 11.5 Å². The lowest BCUT2D eigenvalue weighted by molar-refractivity contribution is -0.123. The predicted molar refractivity (Wildman–Crippen MR) is 118 cm³/mol. The number of hydrogen-bond donors (Lipinski definition) is 1. The first kappa shape index (κ1) is 20.7. The van der Waals surface area contributed by atoms with Gasteiger partial charge in [0.25, 0.3) is 0 Å². The molecule has 0 aromatic heterocycles. The van der Waals surface area contributed by atoms with Gasteiger partial charge in [-0.2, -0.15) is 0 Å². The molecule has 160 valence electrons. The van der Waals surface area contributed by atoms with E-state index < -0.39 is 0 Å². The Hall–Kier alpha value is -2.53. The van der Waals surface area contributed by atoms with Gasteiger partial charge in [-0.3, -0.25) is 9.69 Å². The van der Waals surface area contributed by atoms with Crippen molar-refractivity contribution in [2.75, 3.05) is 26.3 Å². The zero-order valence-electron chi connectivity index (χ0n) is 18.0. The highest BCUT2D eigenvalue weighted by Crippen LogP contribution is 2.37. The summed E-state index contributed by atoms with van der Waals surface area (Å²) in [7, 11) is 0. The summed E-state index contributed by atoms with van der Waals surface area (Å²) in [4.78, 5) is 15.0. The van der Waals surface area contributed by atoms with E-state index in [1.165, 1.54) is 11.1 Å². The summed E-state index contributed by atoms with van der Waals surface area (Å²) >= 11 is 0. The molecule has 2 aliphatic rings. The maximum atomic E-state index is 12.8. The Labute approximate surface area is 179 Å². The monoisotopic (exact) mass is 408 g/mol. The molecule has 0 aliphatic carbocycles. The van der Waals surface area contributed by atoms with Gasteiger partial charge in [0.2, 0.25) is 5.91 Å². The van der Waals surface area contributed by atoms with Crippen molar-refractivity contribution in [2.24, 2.45) is 0 Å². The van der Waals surface area contributed by atoms with Gasteiger partial charge in [-0.25, -0.2) is 0 Å². The van der Waals surface area contributed by atoms with E-state index in [0.29, 0.717) is 19.8 Å². The molecular formula is C25H32N2O3. The summed E-state index contributed by atoms with van der Waals surface area (Å²) in [6, 6.07) is 15.0. The van der Waals surface area contributed by atoms with Crippen LogP contribution >= 0.6 is 0 Å². The lowest BCUT2D eigenvalue weighted by atomic mass is 10.0. The Kier molecular flexibility index (Phi) is 6.58. The van der Waals surface area contributed by atoms with E-state index in [9.17, 15) is 4.79 Å². The molecule has 0 spiro atoms. The summed E-state index contributed by atoms with van der Waals surface area (Å²) in [6.45, 7) is 6.93. The van der Waals surface area contributed by atoms with Crippen molar-refractivity contribution in [3.8, 4) is 11.5 Å². The average Bonchev–Trinajstić information content (AvgIpc) is 3.08. The number of carbonyl (C=O) groups excluding carboxylic acids is 1. The van der Waals surface area contributed by atoms with Crippen LogP contribution in [0.4, 0.5) is 0 Å². The van der Waals surface area contributed by atoms with Crippen molar-refractivity contribution in [1.29, 1.82) is 0 Å². The number of nitrogens with one attached hydrogen (secondary N) is 1. The normalized spacial score (nSPS) is 19.9. The lowest BCUT2D eigenvalue weighted by Crippen LogP contribution is -2.38. The number of benzene rings is 2. The number of amides is 1. The number of carbonyl (C=O) groups is 1. The fourth-order valence-electron chi connectivity index (χ4n) is 4.38. The molecule has 2 aliphatic heterocycles. The number of rotatable bonds is 6. The third-order valence-electron chi connectivity index (χ3n) is 6.13. The third kappa shape index (κ3) is 4.78. The molecule has 5 heteroatoms. The van der Waals surface area contributed by atoms with Crippen molar-refractivity contribution in [2.45, 2.75) is 51.6 Å². The van der Waals surface area contributed by atoms with Crippen LogP contribution in [-0.2, 0) is 11.2 Å². The molecule has 5 nitrogen and oxygen atoms in total. The fourth-order valence-corrected chi connectivity index (χ4v) is 4.38. The molecule has 2 aromatic rings. The number of nitrogens with zero attached hydrogens (tertiary/aromatic N) is 1. The van der Waals surface area contributed by atoms with Gasteiger partial charge < -0.3 is 14.8 Å². The summed E-state index contributed by atoms with van der Waals surface area (Å²) in [6.07, 6.45) is 4.08. The number of hydrogen-bond acceptors (Lipinski definition) is 4. The summed E-state index contributed by atoms with van der Waals surface area (Å²) in [5.74, 6) is 1.72. The SMILES string of the molecule is CCc1ccc([C@H](C)NC(=O)CN2CCC[C@@H]2c2ccc3c(c2)OCCCO3)cc1. The predicted octanol–water partition coefficient (Wildman–Crippen LogP) is 4.42. The molecular weight excluding hydrogens is 376 g/mol. The second kappa shape index (κ2) is 9.52. The molecule has 1 N–H and O–H groups in total. The fraction of sp³-hybridized carbons (Fsp3) is 0.480. The van der Waals surface area contributed by atoms with Crippen LogP contribution in [0, 0.1) is 0 Å². The van der Waals surface area contributed by atoms with E-state index in [2.05, 4.69) is 53.5 Å². The van der Waals surface area contributed by atoms with Gasteiger partial charge >= 0.3 is 0 Å². The van der Waals surface area contributed by atoms with Crippen molar-refractivity contribution in [3.05, 3.63) is 59.2 Å². The van der Waals surface area contributed by atoms with Gasteiger partial charge in [-0.05, 0) is 61.6 Å². The maximum absolute atomic E-state index is 12.8. The van der Waals surface area contributed by atoms with Crippen molar-refractivity contribution in [1.82, 2.24) is 10.2 Å². The van der Waals surface area contributed by atoms with Crippen LogP contribution in [0.15, 0.2) is 42.5 Å². The molecule has 4 rings (SSSR count). The number of ether oxygens (including phenoxy) is 2. The highest BCUT2D eigenvalue weighted by Gasteiger charge is 2.29. The Bertz CT molecular complexity index is 865. The topological polar surface area (TPSA) is 50.8 Å². The van der Waals surface area contributed by atoms with Gasteiger partial charge in [-0.15, -0.1) is 0 Å². The average molecular weight is 409 g/mol. The van der Waals surface area contributed by atoms with Gasteiger partial charge in [0, 0.05) is 12.5 Å². The first-order valence-corrected chi connectivity index (χ1v) is 11.2. The smallest absolute Gasteiger partial charge is 0.234 e. The lowest BCUT2D eigenvalue weighted by Gasteiger charge is -2.26. The quantitative estimate of drug-likeness (QED) is 0.769. The molecule has 2 heterocycles. The van der Waals surface area contributed by atoms with E-state index in [1.807, 2.05) is 13.0 Å². The molecule has 2 aromatic carbocycles. The Morgan fingerprint density at radius 3 is 2.63 bits per heavy atom. The van der Waals surface area contributed by atoms with Crippen molar-refractivity contribution < 1.29 is 14.3 Å². The summed E-state index contributed by atoms with van der Waals surface area (Å²) in [5.41, 5.74) is 3.65.